The Hall–Kier alpha value is -1.24. The van der Waals surface area contributed by atoms with Gasteiger partial charge < -0.3 is 10.0 Å². The smallest absolute Gasteiger partial charge is 0.390 e. The van der Waals surface area contributed by atoms with Gasteiger partial charge in [0, 0.05) is 18.1 Å². The lowest BCUT2D eigenvalue weighted by atomic mass is 10.1. The molecule has 1 N–H and O–H groups in total. The minimum absolute atomic E-state index is 0.0397. The summed E-state index contributed by atoms with van der Waals surface area (Å²) in [7, 11) is 1.43. The maximum atomic E-state index is 12.1. The van der Waals surface area contributed by atoms with Gasteiger partial charge in [0.05, 0.1) is 17.7 Å². The number of halogens is 4. The van der Waals surface area contributed by atoms with Gasteiger partial charge in [0.1, 0.15) is 0 Å². The molecule has 1 rings (SSSR count). The van der Waals surface area contributed by atoms with Gasteiger partial charge in [-0.15, -0.1) is 0 Å². The van der Waals surface area contributed by atoms with Gasteiger partial charge in [0.2, 0.25) is 0 Å². The summed E-state index contributed by atoms with van der Waals surface area (Å²) in [5.41, 5.74) is 0.211. The Bertz CT molecular complexity index is 448. The van der Waals surface area contributed by atoms with E-state index < -0.39 is 18.6 Å². The Kier molecular flexibility index (Phi) is 4.61. The zero-order chi connectivity index (χ0) is 13.9. The number of benzene rings is 1. The van der Waals surface area contributed by atoms with Crippen molar-refractivity contribution in [2.45, 2.75) is 12.6 Å². The van der Waals surface area contributed by atoms with Gasteiger partial charge in [0.15, 0.2) is 0 Å². The highest BCUT2D eigenvalue weighted by atomic mass is 79.9. The van der Waals surface area contributed by atoms with Crippen LogP contribution in [0.5, 0.6) is 0 Å². The molecule has 0 fully saturated rings. The van der Waals surface area contributed by atoms with Crippen molar-refractivity contribution in [3.8, 4) is 0 Å². The molecule has 7 heteroatoms. The van der Waals surface area contributed by atoms with E-state index in [1.807, 2.05) is 0 Å². The Morgan fingerprint density at radius 1 is 1.44 bits per heavy atom. The monoisotopic (exact) mass is 325 g/mol. The predicted octanol–water partition coefficient (Wildman–Crippen LogP) is 3.54. The number of aromatic carboxylic acids is 1. The molecule has 1 aromatic carbocycles. The number of anilines is 1. The number of carboxylic acids is 1. The fourth-order valence-electron chi connectivity index (χ4n) is 1.46. The summed E-state index contributed by atoms with van der Waals surface area (Å²) >= 11 is 3.08. The maximum Gasteiger partial charge on any atom is 0.390 e. The van der Waals surface area contributed by atoms with Gasteiger partial charge in [-0.2, -0.15) is 13.2 Å². The molecule has 0 aliphatic rings. The molecule has 0 saturated carbocycles. The lowest BCUT2D eigenvalue weighted by molar-refractivity contribution is -0.132. The molecule has 3 nitrogen and oxygen atoms in total. The summed E-state index contributed by atoms with van der Waals surface area (Å²) < 4.78 is 36.7. The fraction of sp³-hybridized carbons (Fsp3) is 0.364. The van der Waals surface area contributed by atoms with E-state index in [0.717, 1.165) is 0 Å². The van der Waals surface area contributed by atoms with E-state index >= 15 is 0 Å². The molecule has 0 unspecified atom stereocenters. The van der Waals surface area contributed by atoms with Crippen LogP contribution >= 0.6 is 15.9 Å². The molecular weight excluding hydrogens is 315 g/mol. The lowest BCUT2D eigenvalue weighted by Gasteiger charge is -2.22. The first-order chi connectivity index (χ1) is 8.22. The van der Waals surface area contributed by atoms with Crippen molar-refractivity contribution in [2.75, 3.05) is 18.5 Å². The molecule has 18 heavy (non-hydrogen) atoms. The molecule has 0 aliphatic heterocycles. The number of rotatable bonds is 4. The molecule has 0 heterocycles. The quantitative estimate of drug-likeness (QED) is 0.920. The van der Waals surface area contributed by atoms with Crippen molar-refractivity contribution in [1.29, 1.82) is 0 Å². The summed E-state index contributed by atoms with van der Waals surface area (Å²) in [6, 6.07) is 4.59. The lowest BCUT2D eigenvalue weighted by Crippen LogP contribution is -2.25. The molecule has 100 valence electrons. The fourth-order valence-corrected chi connectivity index (χ4v) is 1.98. The second-order valence-corrected chi connectivity index (χ2v) is 4.58. The van der Waals surface area contributed by atoms with Crippen LogP contribution in [0.25, 0.3) is 0 Å². The van der Waals surface area contributed by atoms with E-state index in [1.165, 1.54) is 24.1 Å². The molecular formula is C11H11BrF3NO2. The summed E-state index contributed by atoms with van der Waals surface area (Å²) in [6.45, 7) is -0.291. The number of carbonyl (C=O) groups is 1. The van der Waals surface area contributed by atoms with Crippen LogP contribution in [0, 0.1) is 0 Å². The minimum Gasteiger partial charge on any atom is -0.478 e. The van der Waals surface area contributed by atoms with Gasteiger partial charge in [0.25, 0.3) is 0 Å². The van der Waals surface area contributed by atoms with E-state index in [0.29, 0.717) is 4.47 Å². The van der Waals surface area contributed by atoms with Crippen molar-refractivity contribution in [3.63, 3.8) is 0 Å². The summed E-state index contributed by atoms with van der Waals surface area (Å²) in [4.78, 5) is 12.3. The van der Waals surface area contributed by atoms with Crippen LogP contribution in [-0.4, -0.2) is 30.8 Å². The first-order valence-electron chi connectivity index (χ1n) is 5.02. The van der Waals surface area contributed by atoms with Gasteiger partial charge in [-0.3, -0.25) is 0 Å². The number of hydrogen-bond acceptors (Lipinski definition) is 2. The van der Waals surface area contributed by atoms with Gasteiger partial charge in [-0.1, -0.05) is 6.07 Å². The van der Waals surface area contributed by atoms with E-state index in [4.69, 9.17) is 5.11 Å². The zero-order valence-electron chi connectivity index (χ0n) is 9.46. The van der Waals surface area contributed by atoms with Crippen molar-refractivity contribution < 1.29 is 23.1 Å². The molecule has 0 amide bonds. The van der Waals surface area contributed by atoms with Crippen molar-refractivity contribution >= 4 is 27.6 Å². The predicted molar refractivity (Wildman–Crippen MR) is 65.0 cm³/mol. The van der Waals surface area contributed by atoms with E-state index in [1.54, 1.807) is 6.07 Å². The molecule has 0 saturated heterocycles. The van der Waals surface area contributed by atoms with Crippen molar-refractivity contribution in [3.05, 3.63) is 28.2 Å². The largest absolute Gasteiger partial charge is 0.478 e. The third-order valence-electron chi connectivity index (χ3n) is 2.35. The number of alkyl halides is 3. The topological polar surface area (TPSA) is 40.5 Å². The number of nitrogens with zero attached hydrogens (tertiary/aromatic N) is 1. The molecule has 0 radical (unpaired) electrons. The molecule has 0 bridgehead atoms. The molecule has 0 spiro atoms. The third kappa shape index (κ3) is 3.90. The van der Waals surface area contributed by atoms with Crippen LogP contribution in [-0.2, 0) is 0 Å². The van der Waals surface area contributed by atoms with Gasteiger partial charge in [-0.25, -0.2) is 4.79 Å². The summed E-state index contributed by atoms with van der Waals surface area (Å²) in [6.07, 6.45) is -5.25. The first-order valence-corrected chi connectivity index (χ1v) is 5.81. The van der Waals surface area contributed by atoms with Crippen molar-refractivity contribution in [1.82, 2.24) is 0 Å². The minimum atomic E-state index is -4.26. The Balaban J connectivity index is 2.95. The number of carboxylic acid groups (broad SMARTS) is 1. The van der Waals surface area contributed by atoms with Crippen LogP contribution < -0.4 is 4.90 Å². The Labute approximate surface area is 110 Å². The molecule has 0 aliphatic carbocycles. The Morgan fingerprint density at radius 3 is 2.56 bits per heavy atom. The molecule has 1 aromatic rings. The van der Waals surface area contributed by atoms with Crippen LogP contribution in [0.15, 0.2) is 22.7 Å². The van der Waals surface area contributed by atoms with Gasteiger partial charge in [-0.05, 0) is 28.1 Å². The SMILES string of the molecule is CN(CCC(F)(F)F)c1cccc(Br)c1C(=O)O. The normalized spacial score (nSPS) is 11.4. The molecule has 0 atom stereocenters. The van der Waals surface area contributed by atoms with Crippen LogP contribution in [0.1, 0.15) is 16.8 Å². The van der Waals surface area contributed by atoms with E-state index in [9.17, 15) is 18.0 Å². The highest BCUT2D eigenvalue weighted by Gasteiger charge is 2.28. The van der Waals surface area contributed by atoms with E-state index in [-0.39, 0.29) is 17.8 Å². The maximum absolute atomic E-state index is 12.1. The first kappa shape index (κ1) is 14.8. The van der Waals surface area contributed by atoms with Gasteiger partial charge >= 0.3 is 12.1 Å². The van der Waals surface area contributed by atoms with Crippen LogP contribution in [0.2, 0.25) is 0 Å². The standard InChI is InChI=1S/C11H11BrF3NO2/c1-16(6-5-11(13,14)15)8-4-2-3-7(12)9(8)10(17)18/h2-4H,5-6H2,1H3,(H,17,18). The zero-order valence-corrected chi connectivity index (χ0v) is 11.0. The third-order valence-corrected chi connectivity index (χ3v) is 3.01. The van der Waals surface area contributed by atoms with Crippen LogP contribution in [0.3, 0.4) is 0 Å². The van der Waals surface area contributed by atoms with E-state index in [2.05, 4.69) is 15.9 Å². The summed E-state index contributed by atoms with van der Waals surface area (Å²) in [5.74, 6) is -1.18. The average molecular weight is 326 g/mol. The number of hydrogen-bond donors (Lipinski definition) is 1. The highest BCUT2D eigenvalue weighted by molar-refractivity contribution is 9.10. The van der Waals surface area contributed by atoms with Crippen molar-refractivity contribution in [2.24, 2.45) is 0 Å². The van der Waals surface area contributed by atoms with Crippen LogP contribution in [0.4, 0.5) is 18.9 Å². The Morgan fingerprint density at radius 2 is 2.06 bits per heavy atom. The summed E-state index contributed by atoms with van der Waals surface area (Å²) in [5, 5.41) is 9.04. The highest BCUT2D eigenvalue weighted by Crippen LogP contribution is 2.28. The second kappa shape index (κ2) is 5.60. The average Bonchev–Trinajstić information content (AvgIpc) is 2.24. The molecule has 0 aromatic heterocycles. The second-order valence-electron chi connectivity index (χ2n) is 3.73.